The lowest BCUT2D eigenvalue weighted by atomic mass is 10.2. The van der Waals surface area contributed by atoms with Crippen molar-refractivity contribution in [3.05, 3.63) is 34.9 Å². The van der Waals surface area contributed by atoms with E-state index >= 15 is 0 Å². The maximum Gasteiger partial charge on any atom is 0.294 e. The third-order valence-corrected chi connectivity index (χ3v) is 1.84. The molecule has 0 N–H and O–H groups in total. The first kappa shape index (κ1) is 8.37. The SMILES string of the molecule is Fc1ccccc1-c1noc(Br)n1. The summed E-state index contributed by atoms with van der Waals surface area (Å²) >= 11 is 2.99. The molecular formula is C8H4BrFN2O. The molecule has 2 rings (SSSR count). The van der Waals surface area contributed by atoms with Crippen molar-refractivity contribution in [2.75, 3.05) is 0 Å². The van der Waals surface area contributed by atoms with Gasteiger partial charge < -0.3 is 4.52 Å². The fraction of sp³-hybridized carbons (Fsp3) is 0. The molecule has 66 valence electrons. The van der Waals surface area contributed by atoms with E-state index in [2.05, 4.69) is 30.6 Å². The Morgan fingerprint density at radius 1 is 1.31 bits per heavy atom. The minimum Gasteiger partial charge on any atom is -0.326 e. The van der Waals surface area contributed by atoms with Gasteiger partial charge in [0.25, 0.3) is 4.80 Å². The summed E-state index contributed by atoms with van der Waals surface area (Å²) in [7, 11) is 0. The maximum absolute atomic E-state index is 13.1. The Bertz CT molecular complexity index is 430. The van der Waals surface area contributed by atoms with Gasteiger partial charge in [-0.05, 0) is 12.1 Å². The highest BCUT2D eigenvalue weighted by Gasteiger charge is 2.09. The average Bonchev–Trinajstić information content (AvgIpc) is 2.53. The molecule has 0 fully saturated rings. The van der Waals surface area contributed by atoms with Crippen LogP contribution in [0.5, 0.6) is 0 Å². The molecule has 1 aromatic carbocycles. The van der Waals surface area contributed by atoms with E-state index in [9.17, 15) is 4.39 Å². The molecule has 0 spiro atoms. The van der Waals surface area contributed by atoms with Crippen LogP contribution in [0.2, 0.25) is 0 Å². The molecule has 5 heteroatoms. The number of nitrogens with zero attached hydrogens (tertiary/aromatic N) is 2. The van der Waals surface area contributed by atoms with Gasteiger partial charge in [0.1, 0.15) is 5.82 Å². The van der Waals surface area contributed by atoms with Crippen LogP contribution in [0, 0.1) is 5.82 Å². The Hall–Kier alpha value is -1.23. The zero-order valence-electron chi connectivity index (χ0n) is 6.37. The maximum atomic E-state index is 13.1. The van der Waals surface area contributed by atoms with E-state index in [0.717, 1.165) is 0 Å². The summed E-state index contributed by atoms with van der Waals surface area (Å²) < 4.78 is 17.8. The van der Waals surface area contributed by atoms with Gasteiger partial charge in [0.2, 0.25) is 5.82 Å². The van der Waals surface area contributed by atoms with Crippen LogP contribution in [0.25, 0.3) is 11.4 Å². The fourth-order valence-electron chi connectivity index (χ4n) is 0.957. The summed E-state index contributed by atoms with van der Waals surface area (Å²) in [6.45, 7) is 0. The van der Waals surface area contributed by atoms with Crippen molar-refractivity contribution in [3.8, 4) is 11.4 Å². The van der Waals surface area contributed by atoms with Gasteiger partial charge in [-0.15, -0.1) is 0 Å². The highest BCUT2D eigenvalue weighted by Crippen LogP contribution is 2.20. The van der Waals surface area contributed by atoms with E-state index in [-0.39, 0.29) is 16.4 Å². The van der Waals surface area contributed by atoms with Crippen molar-refractivity contribution in [3.63, 3.8) is 0 Å². The summed E-state index contributed by atoms with van der Waals surface area (Å²) in [5.74, 6) is -0.124. The van der Waals surface area contributed by atoms with Gasteiger partial charge in [-0.3, -0.25) is 0 Å². The molecular weight excluding hydrogens is 239 g/mol. The zero-order valence-corrected chi connectivity index (χ0v) is 7.95. The minimum atomic E-state index is -0.365. The van der Waals surface area contributed by atoms with Crippen LogP contribution >= 0.6 is 15.9 Å². The number of hydrogen-bond acceptors (Lipinski definition) is 3. The largest absolute Gasteiger partial charge is 0.326 e. The predicted octanol–water partition coefficient (Wildman–Crippen LogP) is 2.64. The third kappa shape index (κ3) is 1.60. The topological polar surface area (TPSA) is 38.9 Å². The Morgan fingerprint density at radius 2 is 2.08 bits per heavy atom. The van der Waals surface area contributed by atoms with Crippen molar-refractivity contribution in [2.45, 2.75) is 0 Å². The first-order valence-corrected chi connectivity index (χ1v) is 4.31. The van der Waals surface area contributed by atoms with Gasteiger partial charge in [-0.2, -0.15) is 4.98 Å². The molecule has 0 aliphatic rings. The summed E-state index contributed by atoms with van der Waals surface area (Å²) in [5, 5.41) is 3.57. The first-order valence-electron chi connectivity index (χ1n) is 3.51. The van der Waals surface area contributed by atoms with Crippen LogP contribution in [-0.2, 0) is 0 Å². The first-order chi connectivity index (χ1) is 6.27. The number of rotatable bonds is 1. The van der Waals surface area contributed by atoms with Crippen LogP contribution in [0.1, 0.15) is 0 Å². The fourth-order valence-corrected chi connectivity index (χ4v) is 1.20. The van der Waals surface area contributed by atoms with Gasteiger partial charge in [-0.1, -0.05) is 17.3 Å². The molecule has 0 saturated carbocycles. The molecule has 0 atom stereocenters. The van der Waals surface area contributed by atoms with Crippen LogP contribution in [0.15, 0.2) is 33.6 Å². The van der Waals surface area contributed by atoms with E-state index in [4.69, 9.17) is 0 Å². The summed E-state index contributed by atoms with van der Waals surface area (Å²) in [5.41, 5.74) is 0.331. The van der Waals surface area contributed by atoms with Crippen molar-refractivity contribution in [1.82, 2.24) is 10.1 Å². The monoisotopic (exact) mass is 242 g/mol. The van der Waals surface area contributed by atoms with Crippen molar-refractivity contribution < 1.29 is 8.91 Å². The molecule has 3 nitrogen and oxygen atoms in total. The lowest BCUT2D eigenvalue weighted by Gasteiger charge is -1.93. The van der Waals surface area contributed by atoms with E-state index < -0.39 is 0 Å². The second-order valence-electron chi connectivity index (χ2n) is 2.35. The zero-order chi connectivity index (χ0) is 9.26. The van der Waals surface area contributed by atoms with Gasteiger partial charge >= 0.3 is 0 Å². The number of hydrogen-bond donors (Lipinski definition) is 0. The van der Waals surface area contributed by atoms with Crippen LogP contribution < -0.4 is 0 Å². The predicted molar refractivity (Wildman–Crippen MR) is 47.4 cm³/mol. The molecule has 0 radical (unpaired) electrons. The van der Waals surface area contributed by atoms with Gasteiger partial charge in [0, 0.05) is 15.9 Å². The normalized spacial score (nSPS) is 10.3. The molecule has 0 amide bonds. The highest BCUT2D eigenvalue weighted by molar-refractivity contribution is 9.10. The highest BCUT2D eigenvalue weighted by atomic mass is 79.9. The smallest absolute Gasteiger partial charge is 0.294 e. The van der Waals surface area contributed by atoms with E-state index in [1.807, 2.05) is 0 Å². The second-order valence-corrected chi connectivity index (χ2v) is 3.03. The molecule has 1 heterocycles. The second kappa shape index (κ2) is 3.26. The lowest BCUT2D eigenvalue weighted by molar-refractivity contribution is 0.397. The standard InChI is InChI=1S/C8H4BrFN2O/c9-8-11-7(12-13-8)5-3-1-2-4-6(5)10/h1-4H. The van der Waals surface area contributed by atoms with E-state index in [1.54, 1.807) is 18.2 Å². The van der Waals surface area contributed by atoms with Crippen LogP contribution in [-0.4, -0.2) is 10.1 Å². The van der Waals surface area contributed by atoms with E-state index in [0.29, 0.717) is 5.56 Å². The average molecular weight is 243 g/mol. The Morgan fingerprint density at radius 3 is 2.69 bits per heavy atom. The van der Waals surface area contributed by atoms with Crippen molar-refractivity contribution >= 4 is 15.9 Å². The number of aromatic nitrogens is 2. The van der Waals surface area contributed by atoms with E-state index in [1.165, 1.54) is 6.07 Å². The number of halogens is 2. The molecule has 0 bridgehead atoms. The molecule has 2 aromatic rings. The summed E-state index contributed by atoms with van der Waals surface area (Å²) in [4.78, 5) is 4.08. The number of benzene rings is 1. The quantitative estimate of drug-likeness (QED) is 0.772. The molecule has 0 aliphatic heterocycles. The summed E-state index contributed by atoms with van der Waals surface area (Å²) in [6, 6.07) is 6.25. The molecule has 13 heavy (non-hydrogen) atoms. The minimum absolute atomic E-state index is 0.241. The van der Waals surface area contributed by atoms with Gasteiger partial charge in [0.15, 0.2) is 0 Å². The molecule has 1 aromatic heterocycles. The molecule has 0 aliphatic carbocycles. The van der Waals surface area contributed by atoms with Gasteiger partial charge in [-0.25, -0.2) is 4.39 Å². The Balaban J connectivity index is 2.52. The van der Waals surface area contributed by atoms with Crippen molar-refractivity contribution in [1.29, 1.82) is 0 Å². The Labute approximate surface area is 81.7 Å². The molecule has 0 unspecified atom stereocenters. The molecule has 0 saturated heterocycles. The Kier molecular flexibility index (Phi) is 2.10. The van der Waals surface area contributed by atoms with Crippen LogP contribution in [0.3, 0.4) is 0 Å². The lowest BCUT2D eigenvalue weighted by Crippen LogP contribution is -1.84. The van der Waals surface area contributed by atoms with Gasteiger partial charge in [0.05, 0.1) is 5.56 Å². The van der Waals surface area contributed by atoms with Crippen LogP contribution in [0.4, 0.5) is 4.39 Å². The summed E-state index contributed by atoms with van der Waals surface area (Å²) in [6.07, 6.45) is 0. The van der Waals surface area contributed by atoms with Crippen molar-refractivity contribution in [2.24, 2.45) is 0 Å². The third-order valence-electron chi connectivity index (χ3n) is 1.52.